The third-order valence-corrected chi connectivity index (χ3v) is 2.68. The Morgan fingerprint density at radius 1 is 1.26 bits per heavy atom. The number of benzene rings is 1. The monoisotopic (exact) mass is 267 g/mol. The number of carbonyl (C=O) groups excluding carboxylic acids is 1. The fourth-order valence-electron chi connectivity index (χ4n) is 1.52. The summed E-state index contributed by atoms with van der Waals surface area (Å²) in [5.41, 5.74) is 0.663. The predicted octanol–water partition coefficient (Wildman–Crippen LogP) is 0.275. The van der Waals surface area contributed by atoms with Crippen molar-refractivity contribution in [1.29, 1.82) is 0 Å². The molecule has 0 fully saturated rings. The van der Waals surface area contributed by atoms with Crippen molar-refractivity contribution in [1.82, 2.24) is 5.32 Å². The van der Waals surface area contributed by atoms with Gasteiger partial charge in [0.05, 0.1) is 0 Å². The summed E-state index contributed by atoms with van der Waals surface area (Å²) in [5, 5.41) is 29.8. The van der Waals surface area contributed by atoms with Crippen LogP contribution in [0.2, 0.25) is 0 Å². The lowest BCUT2D eigenvalue weighted by Gasteiger charge is -2.16. The van der Waals surface area contributed by atoms with Crippen LogP contribution >= 0.6 is 0 Å². The van der Waals surface area contributed by atoms with E-state index in [1.807, 2.05) is 0 Å². The van der Waals surface area contributed by atoms with Crippen molar-refractivity contribution in [3.8, 4) is 5.75 Å². The van der Waals surface area contributed by atoms with Crippen LogP contribution in [0, 0.1) is 0 Å². The average molecular weight is 267 g/mol. The molecule has 1 unspecified atom stereocenters. The Hall–Kier alpha value is -2.08. The van der Waals surface area contributed by atoms with E-state index in [0.29, 0.717) is 5.56 Å². The van der Waals surface area contributed by atoms with Gasteiger partial charge in [-0.15, -0.1) is 0 Å². The van der Waals surface area contributed by atoms with Gasteiger partial charge in [0.15, 0.2) is 0 Å². The molecule has 0 radical (unpaired) electrons. The summed E-state index contributed by atoms with van der Waals surface area (Å²) in [6, 6.07) is 4.92. The highest BCUT2D eigenvalue weighted by molar-refractivity contribution is 5.86. The van der Waals surface area contributed by atoms with Gasteiger partial charge >= 0.3 is 5.97 Å². The van der Waals surface area contributed by atoms with Crippen molar-refractivity contribution < 1.29 is 24.9 Å². The van der Waals surface area contributed by atoms with Gasteiger partial charge in [0.25, 0.3) is 0 Å². The molecule has 1 rings (SSSR count). The third kappa shape index (κ3) is 4.59. The Morgan fingerprint density at radius 2 is 1.84 bits per heavy atom. The molecule has 0 saturated carbocycles. The smallest absolute Gasteiger partial charge is 0.326 e. The van der Waals surface area contributed by atoms with E-state index >= 15 is 0 Å². The maximum absolute atomic E-state index is 11.5. The number of hydrogen-bond donors (Lipinski definition) is 4. The van der Waals surface area contributed by atoms with Gasteiger partial charge in [-0.05, 0) is 24.1 Å². The number of phenolic OH excluding ortho intramolecular Hbond substituents is 1. The number of aliphatic hydroxyl groups is 1. The number of aromatic hydroxyl groups is 1. The molecular formula is C13H17NO5. The lowest BCUT2D eigenvalue weighted by atomic mass is 10.1. The fourth-order valence-corrected chi connectivity index (χ4v) is 1.52. The van der Waals surface area contributed by atoms with E-state index in [4.69, 9.17) is 10.2 Å². The number of aliphatic hydroxyl groups excluding tert-OH is 1. The molecule has 104 valence electrons. The summed E-state index contributed by atoms with van der Waals surface area (Å²) >= 11 is 0. The Kier molecular flexibility index (Phi) is 5.32. The molecule has 1 aromatic carbocycles. The quantitative estimate of drug-likeness (QED) is 0.592. The number of aliphatic carboxylic acids is 1. The molecule has 0 aromatic heterocycles. The molecule has 0 spiro atoms. The lowest BCUT2D eigenvalue weighted by Crippen LogP contribution is -2.46. The van der Waals surface area contributed by atoms with Gasteiger partial charge in [0.2, 0.25) is 5.91 Å². The van der Waals surface area contributed by atoms with Crippen LogP contribution in [-0.4, -0.2) is 39.3 Å². The highest BCUT2D eigenvalue weighted by Crippen LogP contribution is 2.11. The maximum Gasteiger partial charge on any atom is 0.326 e. The second-order valence-electron chi connectivity index (χ2n) is 4.19. The number of carboxylic acid groups (broad SMARTS) is 1. The van der Waals surface area contributed by atoms with Crippen LogP contribution in [0.1, 0.15) is 18.9 Å². The van der Waals surface area contributed by atoms with Crippen molar-refractivity contribution >= 4 is 11.9 Å². The standard InChI is InChI=1S/C13H17NO5/c1-2-11(16)12(17)14-10(13(18)19)7-8-3-5-9(15)6-4-8/h3-6,10-11,15-16H,2,7H2,1H3,(H,14,17)(H,18,19)/t10-,11?/m0/s1. The first-order valence-electron chi connectivity index (χ1n) is 5.93. The van der Waals surface area contributed by atoms with E-state index in [1.54, 1.807) is 19.1 Å². The zero-order chi connectivity index (χ0) is 14.4. The van der Waals surface area contributed by atoms with Crippen LogP contribution in [0.5, 0.6) is 5.75 Å². The average Bonchev–Trinajstić information content (AvgIpc) is 2.39. The molecule has 1 aromatic rings. The summed E-state index contributed by atoms with van der Waals surface area (Å²) in [6.07, 6.45) is -0.906. The topological polar surface area (TPSA) is 107 Å². The van der Waals surface area contributed by atoms with E-state index in [-0.39, 0.29) is 18.6 Å². The minimum atomic E-state index is -1.21. The minimum Gasteiger partial charge on any atom is -0.508 e. The molecule has 19 heavy (non-hydrogen) atoms. The van der Waals surface area contributed by atoms with Gasteiger partial charge in [0, 0.05) is 6.42 Å². The SMILES string of the molecule is CCC(O)C(=O)N[C@@H](Cc1ccc(O)cc1)C(=O)O. The number of phenols is 1. The first-order valence-corrected chi connectivity index (χ1v) is 5.93. The summed E-state index contributed by atoms with van der Waals surface area (Å²) in [6.45, 7) is 1.62. The maximum atomic E-state index is 11.5. The van der Waals surface area contributed by atoms with Crippen LogP contribution in [0.3, 0.4) is 0 Å². The number of amides is 1. The molecule has 1 amide bonds. The second kappa shape index (κ2) is 6.75. The van der Waals surface area contributed by atoms with Gasteiger partial charge < -0.3 is 20.6 Å². The zero-order valence-corrected chi connectivity index (χ0v) is 10.5. The molecule has 0 saturated heterocycles. The number of nitrogens with one attached hydrogen (secondary N) is 1. The van der Waals surface area contributed by atoms with Crippen LogP contribution in [0.4, 0.5) is 0 Å². The normalized spacial score (nSPS) is 13.6. The molecule has 0 heterocycles. The summed E-state index contributed by atoms with van der Waals surface area (Å²) in [4.78, 5) is 22.5. The van der Waals surface area contributed by atoms with Gasteiger partial charge in [-0.25, -0.2) is 4.79 Å². The Bertz CT molecular complexity index is 443. The molecule has 2 atom stereocenters. The number of carboxylic acids is 1. The lowest BCUT2D eigenvalue weighted by molar-refractivity contribution is -0.143. The van der Waals surface area contributed by atoms with Gasteiger partial charge in [-0.1, -0.05) is 19.1 Å². The molecule has 6 heteroatoms. The fraction of sp³-hybridized carbons (Fsp3) is 0.385. The Morgan fingerprint density at radius 3 is 2.32 bits per heavy atom. The largest absolute Gasteiger partial charge is 0.508 e. The van der Waals surface area contributed by atoms with Gasteiger partial charge in [-0.3, -0.25) is 4.79 Å². The molecule has 0 aliphatic rings. The second-order valence-corrected chi connectivity index (χ2v) is 4.19. The zero-order valence-electron chi connectivity index (χ0n) is 10.5. The molecular weight excluding hydrogens is 250 g/mol. The van der Waals surface area contributed by atoms with Crippen LogP contribution < -0.4 is 5.32 Å². The van der Waals surface area contributed by atoms with Crippen LogP contribution in [0.25, 0.3) is 0 Å². The molecule has 0 aliphatic heterocycles. The summed E-state index contributed by atoms with van der Waals surface area (Å²) < 4.78 is 0. The highest BCUT2D eigenvalue weighted by atomic mass is 16.4. The van der Waals surface area contributed by atoms with Crippen LogP contribution in [0.15, 0.2) is 24.3 Å². The number of rotatable bonds is 6. The van der Waals surface area contributed by atoms with E-state index in [1.165, 1.54) is 12.1 Å². The van der Waals surface area contributed by atoms with E-state index in [0.717, 1.165) is 0 Å². The van der Waals surface area contributed by atoms with Crippen LogP contribution in [-0.2, 0) is 16.0 Å². The number of hydrogen-bond acceptors (Lipinski definition) is 4. The van der Waals surface area contributed by atoms with Gasteiger partial charge in [-0.2, -0.15) is 0 Å². The molecule has 6 nitrogen and oxygen atoms in total. The highest BCUT2D eigenvalue weighted by Gasteiger charge is 2.23. The van der Waals surface area contributed by atoms with Crippen molar-refractivity contribution in [3.63, 3.8) is 0 Å². The molecule has 0 bridgehead atoms. The predicted molar refractivity (Wildman–Crippen MR) is 67.7 cm³/mol. The number of carbonyl (C=O) groups is 2. The first kappa shape index (κ1) is 15.0. The minimum absolute atomic E-state index is 0.0811. The van der Waals surface area contributed by atoms with Crippen molar-refractivity contribution in [3.05, 3.63) is 29.8 Å². The Balaban J connectivity index is 2.71. The van der Waals surface area contributed by atoms with Crippen molar-refractivity contribution in [2.45, 2.75) is 31.9 Å². The summed E-state index contributed by atoms with van der Waals surface area (Å²) in [7, 11) is 0. The van der Waals surface area contributed by atoms with E-state index in [2.05, 4.69) is 5.32 Å². The van der Waals surface area contributed by atoms with E-state index in [9.17, 15) is 14.7 Å². The van der Waals surface area contributed by atoms with E-state index < -0.39 is 24.0 Å². The molecule has 0 aliphatic carbocycles. The Labute approximate surface area is 110 Å². The van der Waals surface area contributed by atoms with Crippen molar-refractivity contribution in [2.24, 2.45) is 0 Å². The third-order valence-electron chi connectivity index (χ3n) is 2.68. The first-order chi connectivity index (χ1) is 8.93. The van der Waals surface area contributed by atoms with Gasteiger partial charge in [0.1, 0.15) is 17.9 Å². The van der Waals surface area contributed by atoms with Crippen molar-refractivity contribution in [2.75, 3.05) is 0 Å². The molecule has 4 N–H and O–H groups in total. The summed E-state index contributed by atoms with van der Waals surface area (Å²) in [5.74, 6) is -1.79.